The molecule has 0 unspecified atom stereocenters. The van der Waals surface area contributed by atoms with Crippen molar-refractivity contribution in [2.45, 2.75) is 38.8 Å². The number of ether oxygens (including phenoxy) is 1. The van der Waals surface area contributed by atoms with E-state index in [0.717, 1.165) is 31.2 Å². The lowest BCUT2D eigenvalue weighted by atomic mass is 9.83. The molecule has 1 amide bonds. The molecule has 0 radical (unpaired) electrons. The lowest BCUT2D eigenvalue weighted by Crippen LogP contribution is -2.27. The number of carbonyl (C=O) groups is 1. The third-order valence-electron chi connectivity index (χ3n) is 5.81. The maximum atomic E-state index is 13.3. The van der Waals surface area contributed by atoms with Crippen LogP contribution in [-0.4, -0.2) is 22.5 Å². The normalized spacial score (nSPS) is 18.2. The molecule has 7 nitrogen and oxygen atoms in total. The molecule has 33 heavy (non-hydrogen) atoms. The molecule has 1 aliphatic rings. The fourth-order valence-corrected chi connectivity index (χ4v) is 5.06. The number of halogens is 2. The Labute approximate surface area is 198 Å². The van der Waals surface area contributed by atoms with E-state index < -0.39 is 17.3 Å². The number of benzene rings is 1. The van der Waals surface area contributed by atoms with Gasteiger partial charge in [-0.1, -0.05) is 17.7 Å². The first kappa shape index (κ1) is 23.4. The number of carbonyl (C=O) groups excluding carboxylic acids is 1. The molecule has 0 saturated heterocycles. The summed E-state index contributed by atoms with van der Waals surface area (Å²) in [6, 6.07) is 6.50. The van der Waals surface area contributed by atoms with E-state index in [1.165, 1.54) is 29.5 Å². The molecule has 0 bridgehead atoms. The van der Waals surface area contributed by atoms with E-state index in [9.17, 15) is 14.0 Å². The fourth-order valence-electron chi connectivity index (χ4n) is 3.93. The average Bonchev–Trinajstić information content (AvgIpc) is 3.23. The topological polar surface area (TPSA) is 108 Å². The second-order valence-electron chi connectivity index (χ2n) is 8.15. The van der Waals surface area contributed by atoms with Crippen LogP contribution in [0.3, 0.4) is 0 Å². The standard InChI is InChI=1S/C23H22ClFN4O3S/c24-17-7-15(5-6-18(17)25)9-27-22(31)20-28-21(30)19-16(12-33-23(19)29-20)11-32-10-14-3-1-13(8-26)2-4-14/h5-7,12-14H,1-4,9-11H2,(H,27,31)(H,28,29,30). The largest absolute Gasteiger partial charge is 0.376 e. The summed E-state index contributed by atoms with van der Waals surface area (Å²) in [7, 11) is 0. The molecule has 3 aromatic rings. The predicted molar refractivity (Wildman–Crippen MR) is 124 cm³/mol. The molecular formula is C23H22ClFN4O3S. The summed E-state index contributed by atoms with van der Waals surface area (Å²) in [5.41, 5.74) is 0.960. The van der Waals surface area contributed by atoms with Crippen LogP contribution in [0.4, 0.5) is 4.39 Å². The third kappa shape index (κ3) is 5.58. The number of aromatic amines is 1. The van der Waals surface area contributed by atoms with Crippen LogP contribution >= 0.6 is 22.9 Å². The Morgan fingerprint density at radius 3 is 2.88 bits per heavy atom. The highest BCUT2D eigenvalue weighted by molar-refractivity contribution is 7.16. The van der Waals surface area contributed by atoms with Gasteiger partial charge in [-0.2, -0.15) is 5.26 Å². The summed E-state index contributed by atoms with van der Waals surface area (Å²) < 4.78 is 19.1. The van der Waals surface area contributed by atoms with E-state index in [1.54, 1.807) is 0 Å². The quantitative estimate of drug-likeness (QED) is 0.507. The summed E-state index contributed by atoms with van der Waals surface area (Å²) in [5, 5.41) is 13.9. The van der Waals surface area contributed by atoms with E-state index in [2.05, 4.69) is 21.4 Å². The first-order valence-electron chi connectivity index (χ1n) is 10.6. The molecule has 1 fully saturated rings. The van der Waals surface area contributed by atoms with Crippen LogP contribution in [0, 0.1) is 29.0 Å². The van der Waals surface area contributed by atoms with Crippen molar-refractivity contribution < 1.29 is 13.9 Å². The molecule has 2 heterocycles. The lowest BCUT2D eigenvalue weighted by molar-refractivity contribution is 0.0711. The molecule has 2 N–H and O–H groups in total. The Morgan fingerprint density at radius 1 is 1.36 bits per heavy atom. The minimum absolute atomic E-state index is 0.0297. The summed E-state index contributed by atoms with van der Waals surface area (Å²) in [4.78, 5) is 32.4. The van der Waals surface area contributed by atoms with Crippen molar-refractivity contribution in [3.05, 3.63) is 61.7 Å². The number of nitriles is 1. The van der Waals surface area contributed by atoms with Gasteiger partial charge >= 0.3 is 0 Å². The molecule has 4 rings (SSSR count). The Hall–Kier alpha value is -2.80. The number of hydrogen-bond donors (Lipinski definition) is 2. The second-order valence-corrected chi connectivity index (χ2v) is 9.41. The molecule has 0 aliphatic heterocycles. The molecule has 1 saturated carbocycles. The number of thiophene rings is 1. The lowest BCUT2D eigenvalue weighted by Gasteiger charge is -2.24. The zero-order valence-corrected chi connectivity index (χ0v) is 19.3. The van der Waals surface area contributed by atoms with Crippen LogP contribution < -0.4 is 10.9 Å². The number of hydrogen-bond acceptors (Lipinski definition) is 6. The van der Waals surface area contributed by atoms with Crippen molar-refractivity contribution in [2.24, 2.45) is 11.8 Å². The zero-order chi connectivity index (χ0) is 23.4. The number of amides is 1. The molecule has 2 aromatic heterocycles. The molecular weight excluding hydrogens is 467 g/mol. The molecule has 0 spiro atoms. The molecule has 10 heteroatoms. The van der Waals surface area contributed by atoms with E-state index in [1.807, 2.05) is 5.38 Å². The van der Waals surface area contributed by atoms with E-state index in [0.29, 0.717) is 34.9 Å². The maximum absolute atomic E-state index is 13.3. The number of fused-ring (bicyclic) bond motifs is 1. The van der Waals surface area contributed by atoms with Crippen molar-refractivity contribution in [3.63, 3.8) is 0 Å². The van der Waals surface area contributed by atoms with Crippen LogP contribution in [0.2, 0.25) is 5.02 Å². The van der Waals surface area contributed by atoms with Crippen LogP contribution in [0.15, 0.2) is 28.4 Å². The van der Waals surface area contributed by atoms with Crippen LogP contribution in [0.1, 0.15) is 47.4 Å². The van der Waals surface area contributed by atoms with Gasteiger partial charge in [0.1, 0.15) is 10.6 Å². The SMILES string of the molecule is N#CC1CCC(COCc2csc3nc(C(=O)NCc4ccc(F)c(Cl)c4)[nH]c(=O)c23)CC1. The monoisotopic (exact) mass is 488 g/mol. The highest BCUT2D eigenvalue weighted by Gasteiger charge is 2.21. The Balaban J connectivity index is 1.37. The van der Waals surface area contributed by atoms with Gasteiger partial charge in [0.15, 0.2) is 0 Å². The first-order valence-corrected chi connectivity index (χ1v) is 11.9. The molecule has 172 valence electrons. The highest BCUT2D eigenvalue weighted by Crippen LogP contribution is 2.29. The Kier molecular flexibility index (Phi) is 7.38. The smallest absolute Gasteiger partial charge is 0.287 e. The second kappa shape index (κ2) is 10.4. The molecule has 1 aromatic carbocycles. The molecule has 1 aliphatic carbocycles. The first-order chi connectivity index (χ1) is 15.9. The van der Waals surface area contributed by atoms with Crippen molar-refractivity contribution in [2.75, 3.05) is 6.61 Å². The van der Waals surface area contributed by atoms with Gasteiger partial charge in [0.05, 0.1) is 23.1 Å². The third-order valence-corrected chi connectivity index (χ3v) is 7.02. The number of nitrogens with one attached hydrogen (secondary N) is 2. The van der Waals surface area contributed by atoms with Gasteiger partial charge in [-0.25, -0.2) is 9.37 Å². The van der Waals surface area contributed by atoms with Crippen molar-refractivity contribution in [1.82, 2.24) is 15.3 Å². The Morgan fingerprint density at radius 2 is 2.15 bits per heavy atom. The van der Waals surface area contributed by atoms with Gasteiger partial charge in [-0.3, -0.25) is 9.59 Å². The van der Waals surface area contributed by atoms with Crippen molar-refractivity contribution >= 4 is 39.1 Å². The summed E-state index contributed by atoms with van der Waals surface area (Å²) in [6.45, 7) is 0.995. The molecule has 0 atom stereocenters. The van der Waals surface area contributed by atoms with E-state index in [-0.39, 0.29) is 23.3 Å². The summed E-state index contributed by atoms with van der Waals surface area (Å²) in [6.07, 6.45) is 3.78. The number of nitrogens with zero attached hydrogens (tertiary/aromatic N) is 2. The highest BCUT2D eigenvalue weighted by atomic mass is 35.5. The van der Waals surface area contributed by atoms with Crippen molar-refractivity contribution in [1.29, 1.82) is 5.26 Å². The van der Waals surface area contributed by atoms with Crippen LogP contribution in [-0.2, 0) is 17.9 Å². The van der Waals surface area contributed by atoms with E-state index >= 15 is 0 Å². The fraction of sp³-hybridized carbons (Fsp3) is 0.391. The Bertz CT molecular complexity index is 1260. The number of aromatic nitrogens is 2. The number of H-pyrrole nitrogens is 1. The van der Waals surface area contributed by atoms with Gasteiger partial charge in [0.2, 0.25) is 5.82 Å². The van der Waals surface area contributed by atoms with Gasteiger partial charge in [-0.05, 0) is 54.7 Å². The minimum atomic E-state index is -0.548. The van der Waals surface area contributed by atoms with Gasteiger partial charge < -0.3 is 15.0 Å². The average molecular weight is 489 g/mol. The number of rotatable bonds is 7. The van der Waals surface area contributed by atoms with E-state index in [4.69, 9.17) is 21.6 Å². The van der Waals surface area contributed by atoms with Crippen molar-refractivity contribution in [3.8, 4) is 6.07 Å². The maximum Gasteiger partial charge on any atom is 0.287 e. The van der Waals surface area contributed by atoms with Crippen LogP contribution in [0.25, 0.3) is 10.2 Å². The van der Waals surface area contributed by atoms with Crippen LogP contribution in [0.5, 0.6) is 0 Å². The predicted octanol–water partition coefficient (Wildman–Crippen LogP) is 4.55. The van der Waals surface area contributed by atoms with Gasteiger partial charge in [0, 0.05) is 24.6 Å². The summed E-state index contributed by atoms with van der Waals surface area (Å²) in [5.74, 6) is -0.585. The van der Waals surface area contributed by atoms with Gasteiger partial charge in [0.25, 0.3) is 11.5 Å². The van der Waals surface area contributed by atoms with Gasteiger partial charge in [-0.15, -0.1) is 11.3 Å². The zero-order valence-electron chi connectivity index (χ0n) is 17.7. The minimum Gasteiger partial charge on any atom is -0.376 e. The summed E-state index contributed by atoms with van der Waals surface area (Å²) >= 11 is 7.04.